The highest BCUT2D eigenvalue weighted by Gasteiger charge is 2.31. The molecule has 100 valence electrons. The van der Waals surface area contributed by atoms with E-state index in [2.05, 4.69) is 42.0 Å². The van der Waals surface area contributed by atoms with Gasteiger partial charge in [-0.2, -0.15) is 0 Å². The van der Waals surface area contributed by atoms with Crippen LogP contribution >= 0.6 is 0 Å². The zero-order valence-corrected chi connectivity index (χ0v) is 11.8. The molecule has 0 bridgehead atoms. The molecule has 0 saturated carbocycles. The second-order valence-corrected chi connectivity index (χ2v) is 5.97. The van der Waals surface area contributed by atoms with Crippen LogP contribution in [-0.4, -0.2) is 34.6 Å². The zero-order valence-electron chi connectivity index (χ0n) is 11.8. The Morgan fingerprint density at radius 2 is 2.33 bits per heavy atom. The van der Waals surface area contributed by atoms with Crippen molar-refractivity contribution in [3.63, 3.8) is 0 Å². The molecule has 1 fully saturated rings. The van der Waals surface area contributed by atoms with Gasteiger partial charge < -0.3 is 5.32 Å². The molecule has 0 amide bonds. The number of piperazine rings is 1. The van der Waals surface area contributed by atoms with Crippen LogP contribution in [0.25, 0.3) is 0 Å². The topological polar surface area (TPSA) is 28.2 Å². The minimum Gasteiger partial charge on any atom is -0.309 e. The molecule has 1 aromatic heterocycles. The summed E-state index contributed by atoms with van der Waals surface area (Å²) in [6.45, 7) is 10.1. The molecule has 3 heteroatoms. The molecular formula is C15H25N3. The Labute approximate surface area is 111 Å². The number of hydrogen-bond donors (Lipinski definition) is 1. The van der Waals surface area contributed by atoms with E-state index in [-0.39, 0.29) is 5.54 Å². The molecule has 3 nitrogen and oxygen atoms in total. The molecule has 2 rings (SSSR count). The van der Waals surface area contributed by atoms with Crippen molar-refractivity contribution in [2.24, 2.45) is 0 Å². The van der Waals surface area contributed by atoms with Crippen molar-refractivity contribution in [3.05, 3.63) is 30.1 Å². The third-order valence-electron chi connectivity index (χ3n) is 3.66. The van der Waals surface area contributed by atoms with Crippen LogP contribution in [-0.2, 0) is 6.54 Å². The predicted octanol–water partition coefficient (Wildman–Crippen LogP) is 2.43. The van der Waals surface area contributed by atoms with Gasteiger partial charge in [0.25, 0.3) is 0 Å². The lowest BCUT2D eigenvalue weighted by molar-refractivity contribution is 0.0826. The van der Waals surface area contributed by atoms with Crippen LogP contribution in [0, 0.1) is 0 Å². The summed E-state index contributed by atoms with van der Waals surface area (Å²) in [5, 5.41) is 3.65. The number of rotatable bonds is 4. The largest absolute Gasteiger partial charge is 0.309 e. The Hall–Kier alpha value is -0.930. The van der Waals surface area contributed by atoms with E-state index in [0.29, 0.717) is 6.04 Å². The second kappa shape index (κ2) is 5.81. The van der Waals surface area contributed by atoms with Gasteiger partial charge >= 0.3 is 0 Å². The van der Waals surface area contributed by atoms with E-state index in [9.17, 15) is 0 Å². The molecule has 18 heavy (non-hydrogen) atoms. The van der Waals surface area contributed by atoms with Crippen molar-refractivity contribution >= 4 is 0 Å². The third kappa shape index (κ3) is 3.53. The fourth-order valence-corrected chi connectivity index (χ4v) is 2.74. The van der Waals surface area contributed by atoms with Gasteiger partial charge in [0, 0.05) is 43.6 Å². The lowest BCUT2D eigenvalue weighted by Gasteiger charge is -2.44. The van der Waals surface area contributed by atoms with Crippen molar-refractivity contribution in [2.75, 3.05) is 13.1 Å². The highest BCUT2D eigenvalue weighted by atomic mass is 15.2. The monoisotopic (exact) mass is 247 g/mol. The Morgan fingerprint density at radius 1 is 1.50 bits per heavy atom. The number of aromatic nitrogens is 1. The van der Waals surface area contributed by atoms with Gasteiger partial charge in [-0.05, 0) is 31.9 Å². The van der Waals surface area contributed by atoms with Gasteiger partial charge in [0.2, 0.25) is 0 Å². The summed E-state index contributed by atoms with van der Waals surface area (Å²) in [6, 6.07) is 4.85. The van der Waals surface area contributed by atoms with Gasteiger partial charge in [-0.25, -0.2) is 0 Å². The summed E-state index contributed by atoms with van der Waals surface area (Å²) in [5.74, 6) is 0. The molecule has 1 aromatic rings. The third-order valence-corrected chi connectivity index (χ3v) is 3.66. The first kappa shape index (κ1) is 13.5. The molecule has 0 radical (unpaired) electrons. The van der Waals surface area contributed by atoms with Crippen molar-refractivity contribution in [3.8, 4) is 0 Å². The van der Waals surface area contributed by atoms with Gasteiger partial charge in [0.05, 0.1) is 0 Å². The number of nitrogens with one attached hydrogen (secondary N) is 1. The minimum atomic E-state index is 0.215. The summed E-state index contributed by atoms with van der Waals surface area (Å²) >= 11 is 0. The fourth-order valence-electron chi connectivity index (χ4n) is 2.74. The van der Waals surface area contributed by atoms with Crippen LogP contribution in [0.1, 0.15) is 39.2 Å². The first-order chi connectivity index (χ1) is 8.61. The number of hydrogen-bond acceptors (Lipinski definition) is 3. The van der Waals surface area contributed by atoms with Crippen LogP contribution in [0.4, 0.5) is 0 Å². The first-order valence-corrected chi connectivity index (χ1v) is 6.99. The highest BCUT2D eigenvalue weighted by Crippen LogP contribution is 2.20. The number of nitrogens with zero attached hydrogens (tertiary/aromatic N) is 2. The Bertz CT molecular complexity index is 361. The lowest BCUT2D eigenvalue weighted by Crippen LogP contribution is -2.61. The molecule has 1 N–H and O–H groups in total. The van der Waals surface area contributed by atoms with Crippen molar-refractivity contribution in [1.82, 2.24) is 15.2 Å². The molecule has 0 spiro atoms. The highest BCUT2D eigenvalue weighted by molar-refractivity contribution is 5.09. The molecule has 2 heterocycles. The molecule has 0 aromatic carbocycles. The van der Waals surface area contributed by atoms with Crippen LogP contribution in [0.3, 0.4) is 0 Å². The molecule has 1 unspecified atom stereocenters. The standard InChI is InChI=1S/C15H25N3/c1-4-6-14-10-17-15(2,3)12-18(14)11-13-7-5-8-16-9-13/h5,7-9,14,17H,4,6,10-12H2,1-3H3. The average Bonchev–Trinajstić information content (AvgIpc) is 2.34. The average molecular weight is 247 g/mol. The predicted molar refractivity (Wildman–Crippen MR) is 75.4 cm³/mol. The van der Waals surface area contributed by atoms with E-state index >= 15 is 0 Å². The van der Waals surface area contributed by atoms with E-state index < -0.39 is 0 Å². The molecule has 1 saturated heterocycles. The molecule has 1 atom stereocenters. The van der Waals surface area contributed by atoms with Gasteiger partial charge in [-0.3, -0.25) is 9.88 Å². The van der Waals surface area contributed by atoms with Crippen LogP contribution < -0.4 is 5.32 Å². The molecule has 0 aliphatic carbocycles. The van der Waals surface area contributed by atoms with Gasteiger partial charge in [0.1, 0.15) is 0 Å². The smallest absolute Gasteiger partial charge is 0.0312 e. The summed E-state index contributed by atoms with van der Waals surface area (Å²) in [4.78, 5) is 6.82. The van der Waals surface area contributed by atoms with E-state index in [1.54, 1.807) is 0 Å². The Balaban J connectivity index is 2.05. The van der Waals surface area contributed by atoms with E-state index in [4.69, 9.17) is 0 Å². The fraction of sp³-hybridized carbons (Fsp3) is 0.667. The summed E-state index contributed by atoms with van der Waals surface area (Å²) in [5.41, 5.74) is 1.53. The Kier molecular flexibility index (Phi) is 4.36. The summed E-state index contributed by atoms with van der Waals surface area (Å²) in [6.07, 6.45) is 6.34. The van der Waals surface area contributed by atoms with Crippen LogP contribution in [0.15, 0.2) is 24.5 Å². The SMILES string of the molecule is CCCC1CNC(C)(C)CN1Cc1cccnc1. The number of pyridine rings is 1. The molecule has 1 aliphatic rings. The quantitative estimate of drug-likeness (QED) is 0.885. The maximum atomic E-state index is 4.22. The minimum absolute atomic E-state index is 0.215. The van der Waals surface area contributed by atoms with Crippen molar-refractivity contribution < 1.29 is 0 Å². The maximum absolute atomic E-state index is 4.22. The first-order valence-electron chi connectivity index (χ1n) is 6.99. The lowest BCUT2D eigenvalue weighted by atomic mass is 9.96. The van der Waals surface area contributed by atoms with Gasteiger partial charge in [0.15, 0.2) is 0 Å². The van der Waals surface area contributed by atoms with E-state index in [0.717, 1.165) is 19.6 Å². The van der Waals surface area contributed by atoms with E-state index in [1.807, 2.05) is 18.5 Å². The van der Waals surface area contributed by atoms with Crippen molar-refractivity contribution in [2.45, 2.75) is 51.7 Å². The molecular weight excluding hydrogens is 222 g/mol. The van der Waals surface area contributed by atoms with Gasteiger partial charge in [-0.1, -0.05) is 19.4 Å². The van der Waals surface area contributed by atoms with Crippen molar-refractivity contribution in [1.29, 1.82) is 0 Å². The summed E-state index contributed by atoms with van der Waals surface area (Å²) in [7, 11) is 0. The summed E-state index contributed by atoms with van der Waals surface area (Å²) < 4.78 is 0. The Morgan fingerprint density at radius 3 is 3.00 bits per heavy atom. The molecule has 1 aliphatic heterocycles. The normalized spacial score (nSPS) is 24.1. The van der Waals surface area contributed by atoms with E-state index in [1.165, 1.54) is 18.4 Å². The second-order valence-electron chi connectivity index (χ2n) is 5.97. The zero-order chi connectivity index (χ0) is 13.0. The van der Waals surface area contributed by atoms with Gasteiger partial charge in [-0.15, -0.1) is 0 Å². The van der Waals surface area contributed by atoms with Crippen LogP contribution in [0.2, 0.25) is 0 Å². The van der Waals surface area contributed by atoms with Crippen LogP contribution in [0.5, 0.6) is 0 Å². The maximum Gasteiger partial charge on any atom is 0.0312 e.